The van der Waals surface area contributed by atoms with Crippen molar-refractivity contribution < 1.29 is 14.3 Å². The minimum absolute atomic E-state index is 0.0258. The van der Waals surface area contributed by atoms with Crippen molar-refractivity contribution >= 4 is 34.7 Å². The van der Waals surface area contributed by atoms with Crippen LogP contribution in [-0.4, -0.2) is 29.9 Å². The molecule has 2 aromatic carbocycles. The highest BCUT2D eigenvalue weighted by atomic mass is 32.2. The van der Waals surface area contributed by atoms with Crippen LogP contribution in [0.5, 0.6) is 11.5 Å². The van der Waals surface area contributed by atoms with E-state index in [0.717, 1.165) is 33.5 Å². The first-order valence-corrected chi connectivity index (χ1v) is 11.3. The number of ether oxygens (including phenoxy) is 2. The van der Waals surface area contributed by atoms with Crippen LogP contribution in [0.25, 0.3) is 10.6 Å². The van der Waals surface area contributed by atoms with Gasteiger partial charge in [-0.1, -0.05) is 0 Å². The molecule has 1 N–H and O–H groups in total. The number of aromatic nitrogens is 1. The number of rotatable bonds is 9. The summed E-state index contributed by atoms with van der Waals surface area (Å²) >= 11 is 3.18. The number of amides is 1. The Hall–Kier alpha value is -2.51. The Morgan fingerprint density at radius 2 is 1.83 bits per heavy atom. The molecule has 0 saturated carbocycles. The smallest absolute Gasteiger partial charge is 0.237 e. The van der Waals surface area contributed by atoms with Gasteiger partial charge < -0.3 is 14.8 Å². The van der Waals surface area contributed by atoms with E-state index in [1.54, 1.807) is 30.2 Å². The highest BCUT2D eigenvalue weighted by Gasteiger charge is 2.15. The number of benzene rings is 2. The Bertz CT molecular complexity index is 924. The van der Waals surface area contributed by atoms with Gasteiger partial charge in [0, 0.05) is 22.4 Å². The normalized spacial score (nSPS) is 11.7. The molecule has 0 aliphatic rings. The van der Waals surface area contributed by atoms with Crippen LogP contribution < -0.4 is 14.8 Å². The molecule has 0 radical (unpaired) electrons. The van der Waals surface area contributed by atoms with Gasteiger partial charge in [-0.25, -0.2) is 4.98 Å². The molecule has 1 aromatic heterocycles. The molecule has 7 heteroatoms. The van der Waals surface area contributed by atoms with Crippen molar-refractivity contribution in [2.24, 2.45) is 0 Å². The Kier molecular flexibility index (Phi) is 7.55. The van der Waals surface area contributed by atoms with Crippen LogP contribution in [0.3, 0.4) is 0 Å². The topological polar surface area (TPSA) is 60.5 Å². The Morgan fingerprint density at radius 3 is 2.48 bits per heavy atom. The molecule has 0 spiro atoms. The zero-order valence-electron chi connectivity index (χ0n) is 16.7. The SMILES string of the molecule is CCOc1ccc(-c2nc(CS[C@H](C)C(=O)Nc3ccc(OC)cc3)cs2)cc1. The van der Waals surface area contributed by atoms with Crippen LogP contribution in [0.15, 0.2) is 53.9 Å². The van der Waals surface area contributed by atoms with Crippen LogP contribution in [0.2, 0.25) is 0 Å². The fourth-order valence-electron chi connectivity index (χ4n) is 2.57. The van der Waals surface area contributed by atoms with Gasteiger partial charge in [-0.05, 0) is 62.4 Å². The predicted octanol–water partition coefficient (Wildman–Crippen LogP) is 5.48. The second-order valence-electron chi connectivity index (χ2n) is 6.27. The predicted molar refractivity (Wildman–Crippen MR) is 121 cm³/mol. The third-order valence-electron chi connectivity index (χ3n) is 4.17. The summed E-state index contributed by atoms with van der Waals surface area (Å²) < 4.78 is 10.6. The van der Waals surface area contributed by atoms with E-state index < -0.39 is 0 Å². The summed E-state index contributed by atoms with van der Waals surface area (Å²) in [6.07, 6.45) is 0. The van der Waals surface area contributed by atoms with Crippen LogP contribution in [-0.2, 0) is 10.5 Å². The van der Waals surface area contributed by atoms with E-state index >= 15 is 0 Å². The molecule has 3 rings (SSSR count). The molecule has 5 nitrogen and oxygen atoms in total. The minimum atomic E-state index is -0.187. The number of thiazole rings is 1. The van der Waals surface area contributed by atoms with E-state index in [1.807, 2.05) is 67.8 Å². The van der Waals surface area contributed by atoms with Crippen LogP contribution in [0.4, 0.5) is 5.69 Å². The minimum Gasteiger partial charge on any atom is -0.497 e. The average molecular weight is 429 g/mol. The number of anilines is 1. The maximum atomic E-state index is 12.4. The second kappa shape index (κ2) is 10.3. The van der Waals surface area contributed by atoms with Crippen molar-refractivity contribution in [2.75, 3.05) is 19.0 Å². The number of nitrogens with zero attached hydrogens (tertiary/aromatic N) is 1. The maximum Gasteiger partial charge on any atom is 0.237 e. The van der Waals surface area contributed by atoms with E-state index in [1.165, 1.54) is 0 Å². The van der Waals surface area contributed by atoms with Gasteiger partial charge in [-0.15, -0.1) is 23.1 Å². The van der Waals surface area contributed by atoms with E-state index in [2.05, 4.69) is 5.32 Å². The first-order valence-electron chi connectivity index (χ1n) is 9.33. The first kappa shape index (κ1) is 21.2. The highest BCUT2D eigenvalue weighted by molar-refractivity contribution is 7.99. The van der Waals surface area contributed by atoms with Crippen molar-refractivity contribution in [1.82, 2.24) is 4.98 Å². The summed E-state index contributed by atoms with van der Waals surface area (Å²) in [7, 11) is 1.62. The zero-order valence-corrected chi connectivity index (χ0v) is 18.3. The molecule has 0 aliphatic heterocycles. The number of hydrogen-bond donors (Lipinski definition) is 1. The highest BCUT2D eigenvalue weighted by Crippen LogP contribution is 2.28. The largest absolute Gasteiger partial charge is 0.497 e. The van der Waals surface area contributed by atoms with Crippen molar-refractivity contribution in [3.05, 3.63) is 59.6 Å². The van der Waals surface area contributed by atoms with Gasteiger partial charge in [-0.2, -0.15) is 0 Å². The summed E-state index contributed by atoms with van der Waals surface area (Å²) in [5, 5.41) is 5.76. The molecule has 152 valence electrons. The third kappa shape index (κ3) is 5.98. The monoisotopic (exact) mass is 428 g/mol. The van der Waals surface area contributed by atoms with E-state index in [0.29, 0.717) is 12.4 Å². The summed E-state index contributed by atoms with van der Waals surface area (Å²) in [5.74, 6) is 2.28. The molecule has 0 unspecified atom stereocenters. The van der Waals surface area contributed by atoms with Gasteiger partial charge in [0.05, 0.1) is 24.7 Å². The number of thioether (sulfide) groups is 1. The molecular weight excluding hydrogens is 404 g/mol. The molecule has 1 heterocycles. The zero-order chi connectivity index (χ0) is 20.6. The number of nitrogens with one attached hydrogen (secondary N) is 1. The molecule has 0 saturated heterocycles. The fourth-order valence-corrected chi connectivity index (χ4v) is 4.28. The van der Waals surface area contributed by atoms with Gasteiger partial charge >= 0.3 is 0 Å². The van der Waals surface area contributed by atoms with Gasteiger partial charge in [-0.3, -0.25) is 4.79 Å². The first-order chi connectivity index (χ1) is 14.1. The number of methoxy groups -OCH3 is 1. The fraction of sp³-hybridized carbons (Fsp3) is 0.273. The number of carbonyl (C=O) groups excluding carboxylic acids is 1. The molecule has 3 aromatic rings. The van der Waals surface area contributed by atoms with E-state index in [9.17, 15) is 4.79 Å². The van der Waals surface area contributed by atoms with Gasteiger partial charge in [0.1, 0.15) is 16.5 Å². The summed E-state index contributed by atoms with van der Waals surface area (Å²) in [5.41, 5.74) is 2.81. The number of hydrogen-bond acceptors (Lipinski definition) is 6. The maximum absolute atomic E-state index is 12.4. The van der Waals surface area contributed by atoms with Gasteiger partial charge in [0.15, 0.2) is 0 Å². The Balaban J connectivity index is 1.52. The lowest BCUT2D eigenvalue weighted by atomic mass is 10.2. The lowest BCUT2D eigenvalue weighted by molar-refractivity contribution is -0.115. The van der Waals surface area contributed by atoms with E-state index in [-0.39, 0.29) is 11.2 Å². The molecule has 0 aliphatic carbocycles. The lowest BCUT2D eigenvalue weighted by Gasteiger charge is -2.11. The van der Waals surface area contributed by atoms with Crippen molar-refractivity contribution in [3.63, 3.8) is 0 Å². The summed E-state index contributed by atoms with van der Waals surface area (Å²) in [6.45, 7) is 4.53. The van der Waals surface area contributed by atoms with Crippen LogP contribution in [0, 0.1) is 0 Å². The van der Waals surface area contributed by atoms with Gasteiger partial charge in [0.2, 0.25) is 5.91 Å². The third-order valence-corrected chi connectivity index (χ3v) is 6.29. The second-order valence-corrected chi connectivity index (χ2v) is 8.46. The Labute approximate surface area is 179 Å². The summed E-state index contributed by atoms with van der Waals surface area (Å²) in [4.78, 5) is 17.1. The Morgan fingerprint density at radius 1 is 1.14 bits per heavy atom. The van der Waals surface area contributed by atoms with Crippen molar-refractivity contribution in [1.29, 1.82) is 0 Å². The van der Waals surface area contributed by atoms with Crippen molar-refractivity contribution in [2.45, 2.75) is 24.9 Å². The van der Waals surface area contributed by atoms with Gasteiger partial charge in [0.25, 0.3) is 0 Å². The van der Waals surface area contributed by atoms with Crippen LogP contribution >= 0.6 is 23.1 Å². The summed E-state index contributed by atoms with van der Waals surface area (Å²) in [6, 6.07) is 15.3. The molecule has 1 amide bonds. The average Bonchev–Trinajstić information content (AvgIpc) is 3.22. The molecule has 29 heavy (non-hydrogen) atoms. The lowest BCUT2D eigenvalue weighted by Crippen LogP contribution is -2.22. The molecular formula is C22H24N2O3S2. The molecule has 0 fully saturated rings. The molecule has 1 atom stereocenters. The standard InChI is InChI=1S/C22H24N2O3S2/c1-4-27-20-9-5-16(6-10-20)22-24-18(14-29-22)13-28-15(2)21(25)23-17-7-11-19(26-3)12-8-17/h5-12,14-15H,4,13H2,1-3H3,(H,23,25)/t15-/m1/s1. The quantitative estimate of drug-likeness (QED) is 0.489. The van der Waals surface area contributed by atoms with Crippen LogP contribution in [0.1, 0.15) is 19.5 Å². The van der Waals surface area contributed by atoms with E-state index in [4.69, 9.17) is 14.5 Å². The molecule has 0 bridgehead atoms. The number of carbonyl (C=O) groups is 1. The van der Waals surface area contributed by atoms with Crippen molar-refractivity contribution in [3.8, 4) is 22.1 Å².